The molecule has 0 saturated heterocycles. The number of H-pyrrole nitrogens is 1. The molecule has 0 saturated carbocycles. The Kier molecular flexibility index (Phi) is 34.6. The van der Waals surface area contributed by atoms with Gasteiger partial charge in [-0.15, -0.1) is 0 Å². The zero-order valence-electron chi connectivity index (χ0n) is 46.3. The second-order valence-corrected chi connectivity index (χ2v) is 20.1. The Morgan fingerprint density at radius 3 is 1.56 bits per heavy atom. The summed E-state index contributed by atoms with van der Waals surface area (Å²) in [5.74, 6) is 6.56. The van der Waals surface area contributed by atoms with Gasteiger partial charge in [0.15, 0.2) is 5.43 Å². The Balaban J connectivity index is 0. The van der Waals surface area contributed by atoms with E-state index in [1.807, 2.05) is 68.4 Å². The Morgan fingerprint density at radius 1 is 0.729 bits per heavy atom. The predicted molar refractivity (Wildman–Crippen MR) is 287 cm³/mol. The summed E-state index contributed by atoms with van der Waals surface area (Å²) in [5.41, 5.74) is 8.56. The van der Waals surface area contributed by atoms with Crippen LogP contribution in [0.3, 0.4) is 0 Å². The van der Waals surface area contributed by atoms with Gasteiger partial charge in [0.2, 0.25) is 17.7 Å². The van der Waals surface area contributed by atoms with E-state index in [1.165, 1.54) is 29.2 Å². The molecule has 1 aliphatic heterocycles. The van der Waals surface area contributed by atoms with Crippen LogP contribution in [0.4, 0.5) is 0 Å². The van der Waals surface area contributed by atoms with Gasteiger partial charge in [0.1, 0.15) is 23.7 Å². The monoisotopic (exact) mass is 1010 g/mol. The van der Waals surface area contributed by atoms with Crippen LogP contribution in [0.2, 0.25) is 0 Å². The molecule has 0 aliphatic carbocycles. The summed E-state index contributed by atoms with van der Waals surface area (Å²) in [4.78, 5) is 46.3. The molecule has 5 aromatic heterocycles. The van der Waals surface area contributed by atoms with Gasteiger partial charge in [0.05, 0.1) is 47.0 Å². The number of aromatic amines is 1. The molecule has 0 bridgehead atoms. The fraction of sp³-hybridized carbons (Fsp3) is 0.608. The molecule has 6 rings (SSSR count). The van der Waals surface area contributed by atoms with Crippen molar-refractivity contribution in [2.24, 2.45) is 28.7 Å². The fourth-order valence-electron chi connectivity index (χ4n) is 4.84. The summed E-state index contributed by atoms with van der Waals surface area (Å²) in [6, 6.07) is 4.11. The maximum atomic E-state index is 11.4. The van der Waals surface area contributed by atoms with Gasteiger partial charge < -0.3 is 24.4 Å². The SMILES string of the molecule is C=C1N=C(C(C)C)NO1.CC(C)c1ncn[nH]1.CNC(=O)C(C)C.CNC(=O)C(C)C.Cc1cc(C(C)C)on1.Cc1cc(C(C)C)sn1.Cc1cocc(CC(C)C)c1=O.Cc1nsnc1C(C)C. The summed E-state index contributed by atoms with van der Waals surface area (Å²) in [5, 5.41) is 15.3. The van der Waals surface area contributed by atoms with Crippen LogP contribution in [-0.4, -0.2) is 65.2 Å². The minimum absolute atomic E-state index is 0.0972. The third-order valence-electron chi connectivity index (χ3n) is 8.99. The maximum Gasteiger partial charge on any atom is 0.240 e. The number of hydroxylamine groups is 1. The lowest BCUT2D eigenvalue weighted by atomic mass is 10.0. The van der Waals surface area contributed by atoms with Crippen LogP contribution in [0.1, 0.15) is 185 Å². The number of hydrogen-bond donors (Lipinski definition) is 4. The third-order valence-corrected chi connectivity index (χ3v) is 10.8. The highest BCUT2D eigenvalue weighted by atomic mass is 32.1. The van der Waals surface area contributed by atoms with E-state index in [9.17, 15) is 14.4 Å². The molecule has 19 heteroatoms. The quantitative estimate of drug-likeness (QED) is 0.108. The van der Waals surface area contributed by atoms with Crippen LogP contribution >= 0.6 is 23.3 Å². The molecule has 2 amide bonds. The first kappa shape index (κ1) is 66.5. The number of amidine groups is 1. The summed E-state index contributed by atoms with van der Waals surface area (Å²) in [6.45, 7) is 43.9. The predicted octanol–water partition coefficient (Wildman–Crippen LogP) is 11.5. The summed E-state index contributed by atoms with van der Waals surface area (Å²) in [6.07, 6.45) is 5.36. The lowest BCUT2D eigenvalue weighted by Gasteiger charge is -2.02. The van der Waals surface area contributed by atoms with E-state index in [4.69, 9.17) is 13.8 Å². The van der Waals surface area contributed by atoms with Crippen LogP contribution in [0.25, 0.3) is 0 Å². The molecule has 70 heavy (non-hydrogen) atoms. The lowest BCUT2D eigenvalue weighted by molar-refractivity contribution is -0.124. The van der Waals surface area contributed by atoms with Crippen molar-refractivity contribution in [3.63, 3.8) is 0 Å². The molecule has 0 unspecified atom stereocenters. The van der Waals surface area contributed by atoms with Gasteiger partial charge in [0.25, 0.3) is 0 Å². The van der Waals surface area contributed by atoms with Crippen molar-refractivity contribution in [3.05, 3.63) is 104 Å². The maximum absolute atomic E-state index is 11.4. The second-order valence-electron chi connectivity index (χ2n) is 18.8. The lowest BCUT2D eigenvalue weighted by Crippen LogP contribution is -2.22. The molecular formula is C51H87N11O6S2. The van der Waals surface area contributed by atoms with Crippen LogP contribution in [-0.2, 0) is 20.8 Å². The van der Waals surface area contributed by atoms with Crippen molar-refractivity contribution in [3.8, 4) is 0 Å². The van der Waals surface area contributed by atoms with Gasteiger partial charge in [-0.05, 0) is 76.0 Å². The zero-order chi connectivity index (χ0) is 54.3. The van der Waals surface area contributed by atoms with E-state index in [0.717, 1.165) is 52.2 Å². The number of aromatic nitrogens is 7. The van der Waals surface area contributed by atoms with Crippen LogP contribution in [0.5, 0.6) is 0 Å². The van der Waals surface area contributed by atoms with E-state index in [2.05, 4.69) is 136 Å². The number of hydrogen-bond acceptors (Lipinski definition) is 16. The van der Waals surface area contributed by atoms with Gasteiger partial charge >= 0.3 is 0 Å². The number of aryl methyl sites for hydroxylation is 4. The van der Waals surface area contributed by atoms with E-state index in [0.29, 0.717) is 47.0 Å². The van der Waals surface area contributed by atoms with Crippen molar-refractivity contribution < 1.29 is 23.4 Å². The summed E-state index contributed by atoms with van der Waals surface area (Å²) in [7, 11) is 3.28. The molecule has 17 nitrogen and oxygen atoms in total. The Morgan fingerprint density at radius 2 is 1.31 bits per heavy atom. The first-order chi connectivity index (χ1) is 32.6. The fourth-order valence-corrected chi connectivity index (χ4v) is 6.26. The first-order valence-corrected chi connectivity index (χ1v) is 25.3. The summed E-state index contributed by atoms with van der Waals surface area (Å²) >= 11 is 2.90. The number of carbonyl (C=O) groups is 2. The summed E-state index contributed by atoms with van der Waals surface area (Å²) < 4.78 is 22.4. The number of aliphatic imine (C=N–C) groups is 1. The molecule has 6 heterocycles. The molecule has 0 atom stereocenters. The van der Waals surface area contributed by atoms with Gasteiger partial charge in [-0.1, -0.05) is 116 Å². The Hall–Kier alpha value is -5.56. The van der Waals surface area contributed by atoms with Gasteiger partial charge in [-0.3, -0.25) is 19.5 Å². The van der Waals surface area contributed by atoms with Crippen LogP contribution in [0, 0.1) is 51.4 Å². The third kappa shape index (κ3) is 30.1. The second kappa shape index (κ2) is 36.4. The number of carbonyl (C=O) groups excluding carboxylic acids is 2. The molecular weight excluding hydrogens is 927 g/mol. The zero-order valence-corrected chi connectivity index (χ0v) is 47.9. The molecule has 0 fully saturated rings. The molecule has 394 valence electrons. The number of rotatable bonds is 9. The topological polar surface area (TPSA) is 228 Å². The van der Waals surface area contributed by atoms with E-state index >= 15 is 0 Å². The first-order valence-electron chi connectivity index (χ1n) is 23.8. The molecule has 0 radical (unpaired) electrons. The highest BCUT2D eigenvalue weighted by Crippen LogP contribution is 2.19. The van der Waals surface area contributed by atoms with E-state index in [-0.39, 0.29) is 29.1 Å². The highest BCUT2D eigenvalue weighted by Gasteiger charge is 2.12. The number of amides is 2. The van der Waals surface area contributed by atoms with Crippen molar-refractivity contribution in [2.45, 2.75) is 169 Å². The Labute approximate surface area is 427 Å². The van der Waals surface area contributed by atoms with Crippen molar-refractivity contribution in [1.82, 2.24) is 49.6 Å². The largest absolute Gasteiger partial charge is 0.472 e. The minimum Gasteiger partial charge on any atom is -0.472 e. The standard InChI is InChI=1S/C10H14O2.C7H11NO.C7H11NS.C6H10N2O.C6H10N2S.C5H9N3.2C5H11NO/c1-7(2)4-9-6-12-5-8(3)10(9)11;2*1-5(2)7-4-6(3)8-9-7;1-4(2)6-7-5(3)9-8-6;1-4(2)6-5(3)7-9-8-6;1-4(2)5-6-3-7-8-5;2*1-4(2)5(7)6-3/h5-7H,4H2,1-3H3;2*4-5H,1-3H3;4H,3H2,1-2H3,(H,7,8);4H,1-3H3;3-4H,1-2H3,(H,6,7,8);2*4H,1-3H3,(H,6,7). The average Bonchev–Trinajstić information content (AvgIpc) is 4.16. The van der Waals surface area contributed by atoms with E-state index < -0.39 is 0 Å². The van der Waals surface area contributed by atoms with Crippen LogP contribution in [0.15, 0.2) is 62.2 Å². The average molecular weight is 1010 g/mol. The molecule has 1 aliphatic rings. The van der Waals surface area contributed by atoms with Crippen LogP contribution < -0.4 is 21.5 Å². The van der Waals surface area contributed by atoms with Crippen molar-refractivity contribution in [1.29, 1.82) is 0 Å². The van der Waals surface area contributed by atoms with Crippen molar-refractivity contribution >= 4 is 40.9 Å². The van der Waals surface area contributed by atoms with Gasteiger partial charge in [0, 0.05) is 65.8 Å². The minimum atomic E-state index is 0.0972. The Bertz CT molecular complexity index is 2190. The molecule has 0 spiro atoms. The number of nitrogens with zero attached hydrogens (tertiary/aromatic N) is 7. The molecule has 4 N–H and O–H groups in total. The van der Waals surface area contributed by atoms with Crippen molar-refractivity contribution in [2.75, 3.05) is 14.1 Å². The smallest absolute Gasteiger partial charge is 0.240 e. The molecule has 5 aromatic rings. The molecule has 0 aromatic carbocycles. The van der Waals surface area contributed by atoms with Gasteiger partial charge in [-0.25, -0.2) is 10.5 Å². The van der Waals surface area contributed by atoms with Gasteiger partial charge in [-0.2, -0.15) is 23.2 Å². The van der Waals surface area contributed by atoms with E-state index in [1.54, 1.807) is 38.8 Å². The number of nitrogens with one attached hydrogen (secondary N) is 4. The normalized spacial score (nSPS) is 11.2. The highest BCUT2D eigenvalue weighted by molar-refractivity contribution is 7.05.